The van der Waals surface area contributed by atoms with E-state index in [1.807, 2.05) is 0 Å². The van der Waals surface area contributed by atoms with Crippen molar-refractivity contribution in [1.82, 2.24) is 0 Å². The molecule has 2 heterocycles. The number of nitrogens with zero attached hydrogens (tertiary/aromatic N) is 1. The van der Waals surface area contributed by atoms with E-state index in [9.17, 15) is 0 Å². The summed E-state index contributed by atoms with van der Waals surface area (Å²) >= 11 is 0. The molecule has 0 N–H and O–H groups in total. The van der Waals surface area contributed by atoms with Gasteiger partial charge in [0, 0.05) is 24.7 Å². The van der Waals surface area contributed by atoms with Crippen molar-refractivity contribution < 1.29 is 0 Å². The standard InChI is InChI=1S/C17H17N/c1-2-5-13(6-3-1)15-10-12-18-11-9-14-7-4-8-16(15)17(14)18/h1-8,15H,9-12H2. The molecule has 2 aliphatic rings. The minimum absolute atomic E-state index is 0.593. The molecule has 0 saturated heterocycles. The summed E-state index contributed by atoms with van der Waals surface area (Å²) in [6, 6.07) is 17.8. The van der Waals surface area contributed by atoms with E-state index in [1.54, 1.807) is 11.1 Å². The molecular weight excluding hydrogens is 218 g/mol. The smallest absolute Gasteiger partial charge is 0.0438 e. The monoisotopic (exact) mass is 235 g/mol. The van der Waals surface area contributed by atoms with Crippen LogP contribution in [0.15, 0.2) is 48.5 Å². The van der Waals surface area contributed by atoms with Crippen LogP contribution in [0.25, 0.3) is 0 Å². The van der Waals surface area contributed by atoms with Crippen LogP contribution in [0.1, 0.15) is 29.0 Å². The third-order valence-corrected chi connectivity index (χ3v) is 4.38. The zero-order valence-corrected chi connectivity index (χ0v) is 10.5. The molecule has 0 radical (unpaired) electrons. The summed E-state index contributed by atoms with van der Waals surface area (Å²) in [5, 5.41) is 0. The maximum Gasteiger partial charge on any atom is 0.0438 e. The molecule has 0 bridgehead atoms. The average Bonchev–Trinajstić information content (AvgIpc) is 2.86. The van der Waals surface area contributed by atoms with Gasteiger partial charge in [-0.15, -0.1) is 0 Å². The lowest BCUT2D eigenvalue weighted by Gasteiger charge is -2.33. The molecule has 1 nitrogen and oxygen atoms in total. The molecule has 1 atom stereocenters. The van der Waals surface area contributed by atoms with E-state index in [1.165, 1.54) is 37.2 Å². The average molecular weight is 235 g/mol. The van der Waals surface area contributed by atoms with Crippen molar-refractivity contribution in [1.29, 1.82) is 0 Å². The lowest BCUT2D eigenvalue weighted by atomic mass is 9.84. The van der Waals surface area contributed by atoms with Gasteiger partial charge in [0.15, 0.2) is 0 Å². The molecule has 0 aromatic heterocycles. The first-order valence-corrected chi connectivity index (χ1v) is 6.85. The molecule has 0 saturated carbocycles. The third kappa shape index (κ3) is 1.40. The molecule has 4 rings (SSSR count). The van der Waals surface area contributed by atoms with E-state index in [-0.39, 0.29) is 0 Å². The largest absolute Gasteiger partial charge is 0.371 e. The van der Waals surface area contributed by atoms with Crippen LogP contribution in [-0.4, -0.2) is 13.1 Å². The first kappa shape index (κ1) is 10.2. The van der Waals surface area contributed by atoms with E-state index in [4.69, 9.17) is 0 Å². The van der Waals surface area contributed by atoms with Gasteiger partial charge in [-0.25, -0.2) is 0 Å². The summed E-state index contributed by atoms with van der Waals surface area (Å²) in [6.07, 6.45) is 2.48. The van der Waals surface area contributed by atoms with E-state index in [2.05, 4.69) is 53.4 Å². The SMILES string of the molecule is c1ccc(C2CCN3CCc4cccc2c43)cc1. The Kier molecular flexibility index (Phi) is 2.19. The maximum atomic E-state index is 2.57. The number of rotatable bonds is 1. The van der Waals surface area contributed by atoms with Crippen molar-refractivity contribution in [2.24, 2.45) is 0 Å². The Balaban J connectivity index is 1.86. The summed E-state index contributed by atoms with van der Waals surface area (Å²) in [6.45, 7) is 2.43. The first-order valence-electron chi connectivity index (χ1n) is 6.85. The van der Waals surface area contributed by atoms with Crippen LogP contribution >= 0.6 is 0 Å². The van der Waals surface area contributed by atoms with Crippen LogP contribution in [0.5, 0.6) is 0 Å². The molecule has 18 heavy (non-hydrogen) atoms. The van der Waals surface area contributed by atoms with Gasteiger partial charge in [0.05, 0.1) is 0 Å². The van der Waals surface area contributed by atoms with Gasteiger partial charge in [-0.2, -0.15) is 0 Å². The van der Waals surface area contributed by atoms with Gasteiger partial charge >= 0.3 is 0 Å². The number of anilines is 1. The first-order chi connectivity index (χ1) is 8.93. The fraction of sp³-hybridized carbons (Fsp3) is 0.294. The molecule has 0 spiro atoms. The summed E-state index contributed by atoms with van der Waals surface area (Å²) in [5.41, 5.74) is 6.10. The summed E-state index contributed by atoms with van der Waals surface area (Å²) in [4.78, 5) is 2.57. The number of para-hydroxylation sites is 1. The van der Waals surface area contributed by atoms with Crippen molar-refractivity contribution in [2.75, 3.05) is 18.0 Å². The minimum Gasteiger partial charge on any atom is -0.371 e. The van der Waals surface area contributed by atoms with Crippen LogP contribution in [0, 0.1) is 0 Å². The lowest BCUT2D eigenvalue weighted by Crippen LogP contribution is -2.29. The fourth-order valence-electron chi connectivity index (χ4n) is 3.54. The van der Waals surface area contributed by atoms with Crippen molar-refractivity contribution in [3.8, 4) is 0 Å². The van der Waals surface area contributed by atoms with E-state index in [0.717, 1.165) is 0 Å². The fourth-order valence-corrected chi connectivity index (χ4v) is 3.54. The van der Waals surface area contributed by atoms with Gasteiger partial charge in [-0.1, -0.05) is 48.5 Å². The van der Waals surface area contributed by atoms with Crippen LogP contribution in [-0.2, 0) is 6.42 Å². The molecule has 0 fully saturated rings. The molecule has 1 unspecified atom stereocenters. The maximum absolute atomic E-state index is 2.57. The predicted octanol–water partition coefficient (Wildman–Crippen LogP) is 3.58. The Bertz CT molecular complexity index is 573. The summed E-state index contributed by atoms with van der Waals surface area (Å²) < 4.78 is 0. The molecular formula is C17H17N. The van der Waals surface area contributed by atoms with Crippen molar-refractivity contribution in [2.45, 2.75) is 18.8 Å². The normalized spacial score (nSPS) is 20.9. The molecule has 90 valence electrons. The number of hydrogen-bond donors (Lipinski definition) is 0. The molecule has 0 aliphatic carbocycles. The second-order valence-corrected chi connectivity index (χ2v) is 5.34. The van der Waals surface area contributed by atoms with Crippen LogP contribution in [0.2, 0.25) is 0 Å². The highest BCUT2D eigenvalue weighted by molar-refractivity contribution is 5.67. The van der Waals surface area contributed by atoms with Crippen molar-refractivity contribution >= 4 is 5.69 Å². The Hall–Kier alpha value is -1.76. The highest BCUT2D eigenvalue weighted by Crippen LogP contribution is 2.43. The van der Waals surface area contributed by atoms with E-state index < -0.39 is 0 Å². The highest BCUT2D eigenvalue weighted by atomic mass is 15.2. The zero-order chi connectivity index (χ0) is 11.9. The van der Waals surface area contributed by atoms with Gasteiger partial charge in [0.2, 0.25) is 0 Å². The molecule has 0 amide bonds. The van der Waals surface area contributed by atoms with Crippen molar-refractivity contribution in [3.05, 3.63) is 65.2 Å². The quantitative estimate of drug-likeness (QED) is 0.730. The Morgan fingerprint density at radius 2 is 1.78 bits per heavy atom. The van der Waals surface area contributed by atoms with Gasteiger partial charge in [0.1, 0.15) is 0 Å². The number of hydrogen-bond acceptors (Lipinski definition) is 1. The topological polar surface area (TPSA) is 3.24 Å². The second-order valence-electron chi connectivity index (χ2n) is 5.34. The minimum atomic E-state index is 0.593. The Labute approximate surface area is 108 Å². The molecule has 2 aromatic rings. The van der Waals surface area contributed by atoms with Crippen LogP contribution in [0.4, 0.5) is 5.69 Å². The molecule has 2 aromatic carbocycles. The second kappa shape index (κ2) is 3.88. The third-order valence-electron chi connectivity index (χ3n) is 4.38. The zero-order valence-electron chi connectivity index (χ0n) is 10.5. The van der Waals surface area contributed by atoms with Gasteiger partial charge in [-0.3, -0.25) is 0 Å². The van der Waals surface area contributed by atoms with E-state index >= 15 is 0 Å². The molecule has 1 heteroatoms. The number of benzene rings is 2. The van der Waals surface area contributed by atoms with Crippen LogP contribution in [0.3, 0.4) is 0 Å². The lowest BCUT2D eigenvalue weighted by molar-refractivity contribution is 0.653. The van der Waals surface area contributed by atoms with E-state index in [0.29, 0.717) is 5.92 Å². The summed E-state index contributed by atoms with van der Waals surface area (Å²) in [5.74, 6) is 0.593. The molecule has 2 aliphatic heterocycles. The predicted molar refractivity (Wildman–Crippen MR) is 75.3 cm³/mol. The van der Waals surface area contributed by atoms with Crippen molar-refractivity contribution in [3.63, 3.8) is 0 Å². The van der Waals surface area contributed by atoms with Gasteiger partial charge < -0.3 is 4.90 Å². The Morgan fingerprint density at radius 3 is 2.67 bits per heavy atom. The highest BCUT2D eigenvalue weighted by Gasteiger charge is 2.30. The van der Waals surface area contributed by atoms with Crippen LogP contribution < -0.4 is 4.90 Å². The summed E-state index contributed by atoms with van der Waals surface area (Å²) in [7, 11) is 0. The Morgan fingerprint density at radius 1 is 0.889 bits per heavy atom. The van der Waals surface area contributed by atoms with Gasteiger partial charge in [0.25, 0.3) is 0 Å². The van der Waals surface area contributed by atoms with Gasteiger partial charge in [-0.05, 0) is 29.5 Å².